The standard InChI is InChI=1S/C11H14BNO3/c1-7-9-3-4-14-5-8-6-15-12(10(8)9)16-11(7)13-2/h3-4,11,13H,5-6H2,1-2H3/t11-/m0/s1. The minimum absolute atomic E-state index is 0.0779. The number of likely N-dealkylation sites (N-methyl/N-ethyl adjacent to an activating group) is 1. The molecule has 0 aliphatic carbocycles. The summed E-state index contributed by atoms with van der Waals surface area (Å²) in [4.78, 5) is 0. The molecule has 0 saturated carbocycles. The summed E-state index contributed by atoms with van der Waals surface area (Å²) in [6.45, 7) is 3.28. The maximum atomic E-state index is 5.83. The molecule has 3 heterocycles. The molecule has 0 bridgehead atoms. The number of rotatable bonds is 1. The first-order valence-corrected chi connectivity index (χ1v) is 5.47. The summed E-state index contributed by atoms with van der Waals surface area (Å²) in [7, 11) is 1.65. The molecule has 4 nitrogen and oxygen atoms in total. The Hall–Kier alpha value is -1.04. The van der Waals surface area contributed by atoms with Gasteiger partial charge in [-0.2, -0.15) is 0 Å². The van der Waals surface area contributed by atoms with Crippen LogP contribution in [0.1, 0.15) is 6.92 Å². The summed E-state index contributed by atoms with van der Waals surface area (Å²) in [5, 5.41) is 3.13. The van der Waals surface area contributed by atoms with E-state index in [0.717, 1.165) is 5.47 Å². The molecule has 84 valence electrons. The van der Waals surface area contributed by atoms with Gasteiger partial charge in [0.15, 0.2) is 0 Å². The maximum absolute atomic E-state index is 5.83. The Labute approximate surface area is 95.1 Å². The van der Waals surface area contributed by atoms with E-state index in [-0.39, 0.29) is 13.3 Å². The molecule has 0 unspecified atom stereocenters. The Morgan fingerprint density at radius 2 is 2.31 bits per heavy atom. The highest BCUT2D eigenvalue weighted by atomic mass is 16.6. The second kappa shape index (κ2) is 3.77. The van der Waals surface area contributed by atoms with E-state index in [4.69, 9.17) is 14.0 Å². The van der Waals surface area contributed by atoms with Gasteiger partial charge >= 0.3 is 7.12 Å². The van der Waals surface area contributed by atoms with E-state index in [1.165, 1.54) is 16.7 Å². The summed E-state index contributed by atoms with van der Waals surface area (Å²) in [5.41, 5.74) is 4.73. The van der Waals surface area contributed by atoms with Gasteiger partial charge in [0.2, 0.25) is 0 Å². The van der Waals surface area contributed by atoms with Gasteiger partial charge in [-0.1, -0.05) is 0 Å². The largest absolute Gasteiger partial charge is 0.497 e. The van der Waals surface area contributed by atoms with Crippen molar-refractivity contribution in [3.05, 3.63) is 34.5 Å². The molecule has 0 aromatic carbocycles. The minimum Gasteiger partial charge on any atom is -0.497 e. The monoisotopic (exact) mass is 219 g/mol. The molecule has 1 N–H and O–H groups in total. The Bertz CT molecular complexity index is 413. The van der Waals surface area contributed by atoms with E-state index >= 15 is 0 Å². The van der Waals surface area contributed by atoms with Crippen LogP contribution < -0.4 is 5.32 Å². The van der Waals surface area contributed by atoms with E-state index in [0.29, 0.717) is 13.2 Å². The van der Waals surface area contributed by atoms with Crippen LogP contribution in [0, 0.1) is 0 Å². The van der Waals surface area contributed by atoms with Crippen molar-refractivity contribution in [2.24, 2.45) is 0 Å². The zero-order chi connectivity index (χ0) is 11.1. The predicted octanol–water partition coefficient (Wildman–Crippen LogP) is 0.777. The molecule has 0 saturated heterocycles. The molecule has 0 aromatic heterocycles. The Morgan fingerprint density at radius 1 is 1.44 bits per heavy atom. The Morgan fingerprint density at radius 3 is 3.12 bits per heavy atom. The zero-order valence-corrected chi connectivity index (χ0v) is 9.45. The van der Waals surface area contributed by atoms with Gasteiger partial charge in [0.25, 0.3) is 0 Å². The summed E-state index contributed by atoms with van der Waals surface area (Å²) in [6.07, 6.45) is 3.68. The molecule has 0 aromatic rings. The molecule has 5 heteroatoms. The average Bonchev–Trinajstić information content (AvgIpc) is 2.57. The van der Waals surface area contributed by atoms with Crippen molar-refractivity contribution in [1.29, 1.82) is 0 Å². The molecule has 3 aliphatic heterocycles. The zero-order valence-electron chi connectivity index (χ0n) is 9.45. The highest BCUT2D eigenvalue weighted by Crippen LogP contribution is 2.36. The number of allylic oxidation sites excluding steroid dienone is 3. The maximum Gasteiger partial charge on any atom is 0.496 e. The van der Waals surface area contributed by atoms with Crippen LogP contribution in [0.15, 0.2) is 34.5 Å². The van der Waals surface area contributed by atoms with Crippen LogP contribution in [0.25, 0.3) is 0 Å². The van der Waals surface area contributed by atoms with Crippen LogP contribution in [-0.2, 0) is 14.0 Å². The third-order valence-electron chi connectivity index (χ3n) is 3.24. The lowest BCUT2D eigenvalue weighted by atomic mass is 9.69. The molecule has 0 fully saturated rings. The molecule has 16 heavy (non-hydrogen) atoms. The SMILES string of the molecule is CN[C@H]1OB2OCC3=C2C(=C1C)C=COC3. The van der Waals surface area contributed by atoms with Crippen LogP contribution in [0.4, 0.5) is 0 Å². The van der Waals surface area contributed by atoms with Gasteiger partial charge in [0.1, 0.15) is 12.8 Å². The fourth-order valence-electron chi connectivity index (χ4n) is 2.40. The van der Waals surface area contributed by atoms with Gasteiger partial charge in [-0.3, -0.25) is 5.32 Å². The number of ether oxygens (including phenoxy) is 1. The normalized spacial score (nSPS) is 28.1. The molecule has 0 amide bonds. The quantitative estimate of drug-likeness (QED) is 0.661. The summed E-state index contributed by atoms with van der Waals surface area (Å²) in [5.74, 6) is 0. The molecular weight excluding hydrogens is 205 g/mol. The van der Waals surface area contributed by atoms with Crippen LogP contribution in [-0.4, -0.2) is 33.6 Å². The molecule has 1 atom stereocenters. The number of nitrogens with one attached hydrogen (secondary N) is 1. The third-order valence-corrected chi connectivity index (χ3v) is 3.24. The highest BCUT2D eigenvalue weighted by molar-refractivity contribution is 6.57. The second-order valence-corrected chi connectivity index (χ2v) is 4.18. The third kappa shape index (κ3) is 1.36. The van der Waals surface area contributed by atoms with E-state index in [2.05, 4.69) is 12.2 Å². The number of hydrogen-bond acceptors (Lipinski definition) is 4. The lowest BCUT2D eigenvalue weighted by Gasteiger charge is -2.29. The Balaban J connectivity index is 2.13. The first kappa shape index (κ1) is 10.1. The van der Waals surface area contributed by atoms with E-state index < -0.39 is 0 Å². The van der Waals surface area contributed by atoms with Gasteiger partial charge in [-0.15, -0.1) is 0 Å². The van der Waals surface area contributed by atoms with Crippen molar-refractivity contribution in [2.75, 3.05) is 20.3 Å². The first-order chi connectivity index (χ1) is 7.81. The minimum atomic E-state index is -0.238. The van der Waals surface area contributed by atoms with Gasteiger partial charge in [0, 0.05) is 0 Å². The number of hydrogen-bond donors (Lipinski definition) is 1. The first-order valence-electron chi connectivity index (χ1n) is 5.47. The van der Waals surface area contributed by atoms with E-state index in [1.54, 1.807) is 6.26 Å². The smallest absolute Gasteiger partial charge is 0.496 e. The highest BCUT2D eigenvalue weighted by Gasteiger charge is 2.42. The van der Waals surface area contributed by atoms with Gasteiger partial charge < -0.3 is 14.0 Å². The summed E-state index contributed by atoms with van der Waals surface area (Å²) in [6, 6.07) is 0. The van der Waals surface area contributed by atoms with Gasteiger partial charge in [-0.05, 0) is 42.2 Å². The molecule has 0 radical (unpaired) electrons. The van der Waals surface area contributed by atoms with Gasteiger partial charge in [-0.25, -0.2) is 0 Å². The van der Waals surface area contributed by atoms with Crippen LogP contribution >= 0.6 is 0 Å². The summed E-state index contributed by atoms with van der Waals surface area (Å²) >= 11 is 0. The van der Waals surface area contributed by atoms with Crippen molar-refractivity contribution in [3.63, 3.8) is 0 Å². The fraction of sp³-hybridized carbons (Fsp3) is 0.455. The fourth-order valence-corrected chi connectivity index (χ4v) is 2.40. The van der Waals surface area contributed by atoms with Crippen molar-refractivity contribution >= 4 is 7.12 Å². The average molecular weight is 219 g/mol. The van der Waals surface area contributed by atoms with Crippen LogP contribution in [0.2, 0.25) is 0 Å². The Kier molecular flexibility index (Phi) is 2.39. The second-order valence-electron chi connectivity index (χ2n) is 4.18. The predicted molar refractivity (Wildman–Crippen MR) is 60.5 cm³/mol. The van der Waals surface area contributed by atoms with E-state index in [1.807, 2.05) is 13.1 Å². The van der Waals surface area contributed by atoms with Crippen molar-refractivity contribution in [3.8, 4) is 0 Å². The molecule has 3 rings (SSSR count). The van der Waals surface area contributed by atoms with E-state index in [9.17, 15) is 0 Å². The molecular formula is C11H14BNO3. The molecule has 3 aliphatic rings. The lowest BCUT2D eigenvalue weighted by molar-refractivity contribution is 0.152. The van der Waals surface area contributed by atoms with Crippen molar-refractivity contribution in [2.45, 2.75) is 13.2 Å². The lowest BCUT2D eigenvalue weighted by Crippen LogP contribution is -2.41. The van der Waals surface area contributed by atoms with Gasteiger partial charge in [0.05, 0.1) is 12.9 Å². The van der Waals surface area contributed by atoms with Crippen LogP contribution in [0.5, 0.6) is 0 Å². The van der Waals surface area contributed by atoms with Crippen LogP contribution in [0.3, 0.4) is 0 Å². The van der Waals surface area contributed by atoms with Crippen molar-refractivity contribution in [1.82, 2.24) is 5.32 Å². The topological polar surface area (TPSA) is 39.7 Å². The summed E-state index contributed by atoms with van der Waals surface area (Å²) < 4.78 is 16.9. The molecule has 0 spiro atoms. The van der Waals surface area contributed by atoms with Crippen molar-refractivity contribution < 1.29 is 14.0 Å².